The molecular weight excluding hydrogens is 291 g/mol. The maximum absolute atomic E-state index is 11.8. The normalized spacial score (nSPS) is 19.7. The van der Waals surface area contributed by atoms with Crippen LogP contribution in [0.2, 0.25) is 0 Å². The molecule has 0 aliphatic carbocycles. The summed E-state index contributed by atoms with van der Waals surface area (Å²) in [5, 5.41) is 0. The average Bonchev–Trinajstić information content (AvgIpc) is 2.64. The summed E-state index contributed by atoms with van der Waals surface area (Å²) in [5.41, 5.74) is 0.734. The highest BCUT2D eigenvalue weighted by molar-refractivity contribution is 6.62. The van der Waals surface area contributed by atoms with E-state index < -0.39 is 5.41 Å². The minimum Gasteiger partial charge on any atom is -0.460 e. The Kier molecular flexibility index (Phi) is 4.66. The fourth-order valence-corrected chi connectivity index (χ4v) is 2.12. The second kappa shape index (κ2) is 5.95. The fraction of sp³-hybridized carbons (Fsp3) is 0.611. The van der Waals surface area contributed by atoms with Crippen molar-refractivity contribution in [3.63, 3.8) is 0 Å². The van der Waals surface area contributed by atoms with Gasteiger partial charge in [0, 0.05) is 0 Å². The van der Waals surface area contributed by atoms with E-state index in [0.29, 0.717) is 0 Å². The van der Waals surface area contributed by atoms with E-state index in [9.17, 15) is 4.79 Å². The standard InChI is InChI=1S/C18H27BO4/c1-16(2,3)15(20)21-12-13-8-10-14(11-9-13)19-22-17(4,5)18(6,7)23-19/h8-11H,12H2,1-7H3. The molecule has 0 saturated carbocycles. The van der Waals surface area contributed by atoms with Crippen molar-refractivity contribution in [2.45, 2.75) is 66.3 Å². The van der Waals surface area contributed by atoms with Crippen molar-refractivity contribution in [2.24, 2.45) is 5.41 Å². The Morgan fingerprint density at radius 2 is 1.52 bits per heavy atom. The van der Waals surface area contributed by atoms with Crippen LogP contribution in [0.25, 0.3) is 0 Å². The molecule has 1 aliphatic rings. The number of carbonyl (C=O) groups is 1. The third-order valence-electron chi connectivity index (χ3n) is 4.49. The first-order valence-corrected chi connectivity index (χ1v) is 8.04. The highest BCUT2D eigenvalue weighted by Gasteiger charge is 2.51. The summed E-state index contributed by atoms with van der Waals surface area (Å²) in [6, 6.07) is 7.80. The van der Waals surface area contributed by atoms with Crippen LogP contribution in [0.3, 0.4) is 0 Å². The van der Waals surface area contributed by atoms with Gasteiger partial charge in [-0.05, 0) is 59.5 Å². The molecule has 1 aromatic rings. The number of benzene rings is 1. The molecule has 0 atom stereocenters. The van der Waals surface area contributed by atoms with E-state index in [2.05, 4.69) is 0 Å². The fourth-order valence-electron chi connectivity index (χ4n) is 2.12. The van der Waals surface area contributed by atoms with Crippen LogP contribution >= 0.6 is 0 Å². The first-order valence-electron chi connectivity index (χ1n) is 8.04. The number of ether oxygens (including phenoxy) is 1. The molecule has 2 rings (SSSR count). The summed E-state index contributed by atoms with van der Waals surface area (Å²) in [6.45, 7) is 13.9. The van der Waals surface area contributed by atoms with Gasteiger partial charge < -0.3 is 14.0 Å². The smallest absolute Gasteiger partial charge is 0.460 e. The van der Waals surface area contributed by atoms with Gasteiger partial charge in [-0.15, -0.1) is 0 Å². The average molecular weight is 318 g/mol. The van der Waals surface area contributed by atoms with Gasteiger partial charge in [-0.25, -0.2) is 0 Å². The zero-order valence-corrected chi connectivity index (χ0v) is 15.2. The highest BCUT2D eigenvalue weighted by atomic mass is 16.7. The second-order valence-corrected chi connectivity index (χ2v) is 8.16. The van der Waals surface area contributed by atoms with Crippen molar-refractivity contribution < 1.29 is 18.8 Å². The van der Waals surface area contributed by atoms with Gasteiger partial charge in [-0.2, -0.15) is 0 Å². The van der Waals surface area contributed by atoms with Crippen LogP contribution in [0.5, 0.6) is 0 Å². The van der Waals surface area contributed by atoms with E-state index in [1.165, 1.54) is 0 Å². The topological polar surface area (TPSA) is 44.8 Å². The molecule has 0 N–H and O–H groups in total. The molecule has 1 aliphatic heterocycles. The maximum atomic E-state index is 11.8. The maximum Gasteiger partial charge on any atom is 0.494 e. The third-order valence-corrected chi connectivity index (χ3v) is 4.49. The Morgan fingerprint density at radius 3 is 1.96 bits per heavy atom. The molecule has 126 valence electrons. The summed E-state index contributed by atoms with van der Waals surface area (Å²) < 4.78 is 17.4. The predicted octanol–water partition coefficient (Wildman–Crippen LogP) is 3.08. The molecule has 0 radical (unpaired) electrons. The van der Waals surface area contributed by atoms with Crippen LogP contribution in [0.1, 0.15) is 54.0 Å². The van der Waals surface area contributed by atoms with Gasteiger partial charge in [0.25, 0.3) is 0 Å². The minimum absolute atomic E-state index is 0.201. The highest BCUT2D eigenvalue weighted by Crippen LogP contribution is 2.36. The Bertz CT molecular complexity index is 554. The zero-order chi connectivity index (χ0) is 17.5. The molecule has 1 aromatic carbocycles. The molecule has 1 heterocycles. The van der Waals surface area contributed by atoms with Gasteiger partial charge in [-0.1, -0.05) is 24.3 Å². The quantitative estimate of drug-likeness (QED) is 0.635. The first kappa shape index (κ1) is 18.0. The Hall–Kier alpha value is -1.33. The van der Waals surface area contributed by atoms with Crippen molar-refractivity contribution in [3.05, 3.63) is 29.8 Å². The largest absolute Gasteiger partial charge is 0.494 e. The van der Waals surface area contributed by atoms with Crippen LogP contribution in [0.15, 0.2) is 24.3 Å². The summed E-state index contributed by atoms with van der Waals surface area (Å²) in [6.07, 6.45) is 0. The van der Waals surface area contributed by atoms with E-state index in [-0.39, 0.29) is 30.9 Å². The molecule has 0 aromatic heterocycles. The van der Waals surface area contributed by atoms with Gasteiger partial charge in [0.1, 0.15) is 6.61 Å². The molecule has 0 spiro atoms. The van der Waals surface area contributed by atoms with Crippen molar-refractivity contribution in [2.75, 3.05) is 0 Å². The summed E-state index contributed by atoms with van der Waals surface area (Å²) in [7, 11) is -0.369. The zero-order valence-electron chi connectivity index (χ0n) is 15.2. The van der Waals surface area contributed by atoms with E-state index in [1.54, 1.807) is 0 Å². The SMILES string of the molecule is CC(C)(C)C(=O)OCc1ccc(B2OC(C)(C)C(C)(C)O2)cc1. The number of rotatable bonds is 3. The molecule has 23 heavy (non-hydrogen) atoms. The lowest BCUT2D eigenvalue weighted by atomic mass is 9.79. The van der Waals surface area contributed by atoms with Crippen LogP contribution in [-0.4, -0.2) is 24.3 Å². The molecule has 0 amide bonds. The number of carbonyl (C=O) groups excluding carboxylic acids is 1. The van der Waals surface area contributed by atoms with Crippen molar-refractivity contribution in [1.29, 1.82) is 0 Å². The number of hydrogen-bond donors (Lipinski definition) is 0. The van der Waals surface area contributed by atoms with E-state index >= 15 is 0 Å². The van der Waals surface area contributed by atoms with Crippen LogP contribution in [0, 0.1) is 5.41 Å². The lowest BCUT2D eigenvalue weighted by molar-refractivity contribution is -0.154. The summed E-state index contributed by atoms with van der Waals surface area (Å²) >= 11 is 0. The molecule has 0 bridgehead atoms. The Balaban J connectivity index is 2.00. The number of hydrogen-bond acceptors (Lipinski definition) is 4. The predicted molar refractivity (Wildman–Crippen MR) is 91.4 cm³/mol. The molecule has 4 nitrogen and oxygen atoms in total. The van der Waals surface area contributed by atoms with Gasteiger partial charge in [-0.3, -0.25) is 4.79 Å². The van der Waals surface area contributed by atoms with Gasteiger partial charge in [0.05, 0.1) is 16.6 Å². The molecular formula is C18H27BO4. The third kappa shape index (κ3) is 3.96. The van der Waals surface area contributed by atoms with Crippen molar-refractivity contribution >= 4 is 18.6 Å². The number of esters is 1. The van der Waals surface area contributed by atoms with E-state index in [0.717, 1.165) is 11.0 Å². The van der Waals surface area contributed by atoms with Gasteiger partial charge >= 0.3 is 13.1 Å². The minimum atomic E-state index is -0.483. The van der Waals surface area contributed by atoms with Crippen molar-refractivity contribution in [3.8, 4) is 0 Å². The molecule has 1 fully saturated rings. The van der Waals surface area contributed by atoms with E-state index in [4.69, 9.17) is 14.0 Å². The lowest BCUT2D eigenvalue weighted by Gasteiger charge is -2.32. The monoisotopic (exact) mass is 318 g/mol. The summed E-state index contributed by atoms with van der Waals surface area (Å²) in [5.74, 6) is -0.201. The van der Waals surface area contributed by atoms with Crippen LogP contribution in [-0.2, 0) is 25.4 Å². The first-order chi connectivity index (χ1) is 10.4. The lowest BCUT2D eigenvalue weighted by Crippen LogP contribution is -2.41. The van der Waals surface area contributed by atoms with Crippen molar-refractivity contribution in [1.82, 2.24) is 0 Å². The second-order valence-electron chi connectivity index (χ2n) is 8.16. The van der Waals surface area contributed by atoms with Gasteiger partial charge in [0.2, 0.25) is 0 Å². The van der Waals surface area contributed by atoms with Gasteiger partial charge in [0.15, 0.2) is 0 Å². The van der Waals surface area contributed by atoms with E-state index in [1.807, 2.05) is 72.7 Å². The summed E-state index contributed by atoms with van der Waals surface area (Å²) in [4.78, 5) is 11.8. The van der Waals surface area contributed by atoms with Crippen LogP contribution < -0.4 is 5.46 Å². The molecule has 1 saturated heterocycles. The van der Waals surface area contributed by atoms with Crippen LogP contribution in [0.4, 0.5) is 0 Å². The Morgan fingerprint density at radius 1 is 1.04 bits per heavy atom. The molecule has 0 unspecified atom stereocenters. The molecule has 5 heteroatoms. The Labute approximate surface area is 139 Å².